The summed E-state index contributed by atoms with van der Waals surface area (Å²) in [7, 11) is 0. The van der Waals surface area contributed by atoms with Crippen LogP contribution in [0.2, 0.25) is 0 Å². The molecule has 0 N–H and O–H groups in total. The van der Waals surface area contributed by atoms with Gasteiger partial charge in [0.05, 0.1) is 13.1 Å². The minimum atomic E-state index is -2.40. The molecule has 1 aliphatic heterocycles. The largest absolute Gasteiger partial charge is 0.289 e. The number of rotatable bonds is 2. The number of alkyl halides is 2. The van der Waals surface area contributed by atoms with Gasteiger partial charge < -0.3 is 0 Å². The van der Waals surface area contributed by atoms with Crippen molar-refractivity contribution in [1.29, 1.82) is 0 Å². The summed E-state index contributed by atoms with van der Waals surface area (Å²) in [6.45, 7) is 3.92. The summed E-state index contributed by atoms with van der Waals surface area (Å²) >= 11 is 0. The van der Waals surface area contributed by atoms with Gasteiger partial charge in [0.25, 0.3) is 5.92 Å². The van der Waals surface area contributed by atoms with Crippen LogP contribution in [-0.2, 0) is 0 Å². The first-order chi connectivity index (χ1) is 4.55. The van der Waals surface area contributed by atoms with E-state index in [1.165, 1.54) is 0 Å². The third kappa shape index (κ3) is 1.45. The first kappa shape index (κ1) is 7.92. The lowest BCUT2D eigenvalue weighted by Gasteiger charge is -2.42. The molecule has 10 heavy (non-hydrogen) atoms. The summed E-state index contributed by atoms with van der Waals surface area (Å²) in [6.07, 6.45) is 0.954. The molecule has 0 aromatic carbocycles. The van der Waals surface area contributed by atoms with E-state index < -0.39 is 5.92 Å². The average Bonchev–Trinajstić information content (AvgIpc) is 1.81. The molecule has 0 spiro atoms. The van der Waals surface area contributed by atoms with Crippen LogP contribution >= 0.6 is 0 Å². The van der Waals surface area contributed by atoms with E-state index in [0.29, 0.717) is 6.04 Å². The van der Waals surface area contributed by atoms with E-state index in [9.17, 15) is 8.78 Å². The Morgan fingerprint density at radius 1 is 1.50 bits per heavy atom. The van der Waals surface area contributed by atoms with Crippen molar-refractivity contribution in [3.63, 3.8) is 0 Å². The molecule has 1 aliphatic rings. The Bertz CT molecular complexity index is 117. The summed E-state index contributed by atoms with van der Waals surface area (Å²) in [5.74, 6) is -2.40. The maximum Gasteiger partial charge on any atom is 0.272 e. The van der Waals surface area contributed by atoms with Crippen molar-refractivity contribution in [2.45, 2.75) is 32.2 Å². The van der Waals surface area contributed by atoms with Crippen molar-refractivity contribution >= 4 is 0 Å². The normalized spacial score (nSPS) is 27.6. The number of nitrogens with zero attached hydrogens (tertiary/aromatic N) is 1. The molecule has 1 atom stereocenters. The molecule has 0 saturated carbocycles. The SMILES string of the molecule is CCC(C)N1CC(F)(F)C1. The molecule has 1 rings (SSSR count). The van der Waals surface area contributed by atoms with Crippen LogP contribution < -0.4 is 0 Å². The Balaban J connectivity index is 2.26. The third-order valence-corrected chi connectivity index (χ3v) is 2.08. The van der Waals surface area contributed by atoms with Crippen LogP contribution in [0.1, 0.15) is 20.3 Å². The first-order valence-corrected chi connectivity index (χ1v) is 3.67. The molecule has 1 fully saturated rings. The zero-order valence-corrected chi connectivity index (χ0v) is 6.40. The van der Waals surface area contributed by atoms with Gasteiger partial charge in [-0.25, -0.2) is 8.78 Å². The first-order valence-electron chi connectivity index (χ1n) is 3.67. The van der Waals surface area contributed by atoms with Crippen LogP contribution in [0, 0.1) is 0 Å². The fourth-order valence-corrected chi connectivity index (χ4v) is 1.12. The highest BCUT2D eigenvalue weighted by Gasteiger charge is 2.44. The second-order valence-electron chi connectivity index (χ2n) is 3.02. The standard InChI is InChI=1S/C7H13F2N/c1-3-6(2)10-4-7(8,9)5-10/h6H,3-5H2,1-2H3. The van der Waals surface area contributed by atoms with Gasteiger partial charge in [0.2, 0.25) is 0 Å². The van der Waals surface area contributed by atoms with Crippen LogP contribution in [-0.4, -0.2) is 30.0 Å². The van der Waals surface area contributed by atoms with Crippen LogP contribution in [0.15, 0.2) is 0 Å². The molecular formula is C7H13F2N. The van der Waals surface area contributed by atoms with E-state index in [4.69, 9.17) is 0 Å². The number of likely N-dealkylation sites (tertiary alicyclic amines) is 1. The molecule has 1 heterocycles. The Kier molecular flexibility index (Phi) is 1.95. The summed E-state index contributed by atoms with van der Waals surface area (Å²) < 4.78 is 24.5. The molecule has 0 bridgehead atoms. The van der Waals surface area contributed by atoms with Gasteiger partial charge in [-0.3, -0.25) is 4.90 Å². The highest BCUT2D eigenvalue weighted by molar-refractivity contribution is 4.89. The topological polar surface area (TPSA) is 3.24 Å². The van der Waals surface area contributed by atoms with Gasteiger partial charge in [-0.1, -0.05) is 6.92 Å². The fraction of sp³-hybridized carbons (Fsp3) is 1.00. The Hall–Kier alpha value is -0.180. The van der Waals surface area contributed by atoms with Crippen molar-refractivity contribution in [3.05, 3.63) is 0 Å². The van der Waals surface area contributed by atoms with E-state index in [0.717, 1.165) is 6.42 Å². The monoisotopic (exact) mass is 149 g/mol. The summed E-state index contributed by atoms with van der Waals surface area (Å²) in [5, 5.41) is 0. The lowest BCUT2D eigenvalue weighted by atomic mass is 10.1. The van der Waals surface area contributed by atoms with Crippen LogP contribution in [0.3, 0.4) is 0 Å². The van der Waals surface area contributed by atoms with Gasteiger partial charge in [0.15, 0.2) is 0 Å². The van der Waals surface area contributed by atoms with E-state index >= 15 is 0 Å². The highest BCUT2D eigenvalue weighted by atomic mass is 19.3. The van der Waals surface area contributed by atoms with Crippen LogP contribution in [0.25, 0.3) is 0 Å². The van der Waals surface area contributed by atoms with Crippen LogP contribution in [0.5, 0.6) is 0 Å². The quantitative estimate of drug-likeness (QED) is 0.578. The van der Waals surface area contributed by atoms with Crippen molar-refractivity contribution in [2.75, 3.05) is 13.1 Å². The Morgan fingerprint density at radius 2 is 2.00 bits per heavy atom. The zero-order chi connectivity index (χ0) is 7.78. The fourth-order valence-electron chi connectivity index (χ4n) is 1.12. The summed E-state index contributed by atoms with van der Waals surface area (Å²) in [6, 6.07) is 0.319. The smallest absolute Gasteiger partial charge is 0.272 e. The van der Waals surface area contributed by atoms with Crippen molar-refractivity contribution in [3.8, 4) is 0 Å². The molecule has 1 unspecified atom stereocenters. The number of hydrogen-bond donors (Lipinski definition) is 0. The van der Waals surface area contributed by atoms with Crippen molar-refractivity contribution < 1.29 is 8.78 Å². The Morgan fingerprint density at radius 3 is 2.30 bits per heavy atom. The van der Waals surface area contributed by atoms with Gasteiger partial charge in [0.1, 0.15) is 0 Å². The number of halogens is 2. The van der Waals surface area contributed by atoms with Gasteiger partial charge in [0, 0.05) is 6.04 Å². The van der Waals surface area contributed by atoms with E-state index in [1.807, 2.05) is 13.8 Å². The summed E-state index contributed by atoms with van der Waals surface area (Å²) in [4.78, 5) is 1.81. The Labute approximate surface area is 60.0 Å². The molecule has 1 saturated heterocycles. The van der Waals surface area contributed by atoms with Crippen LogP contribution in [0.4, 0.5) is 8.78 Å². The predicted octanol–water partition coefficient (Wildman–Crippen LogP) is 1.74. The van der Waals surface area contributed by atoms with E-state index in [2.05, 4.69) is 0 Å². The second kappa shape index (κ2) is 2.46. The molecule has 0 aromatic heterocycles. The third-order valence-electron chi connectivity index (χ3n) is 2.08. The molecule has 60 valence electrons. The highest BCUT2D eigenvalue weighted by Crippen LogP contribution is 2.28. The lowest BCUT2D eigenvalue weighted by molar-refractivity contribution is -0.143. The predicted molar refractivity (Wildman–Crippen MR) is 36.3 cm³/mol. The van der Waals surface area contributed by atoms with E-state index in [-0.39, 0.29) is 13.1 Å². The summed E-state index contributed by atoms with van der Waals surface area (Å²) in [5.41, 5.74) is 0. The van der Waals surface area contributed by atoms with Gasteiger partial charge in [-0.2, -0.15) is 0 Å². The van der Waals surface area contributed by atoms with Gasteiger partial charge >= 0.3 is 0 Å². The molecule has 0 radical (unpaired) electrons. The lowest BCUT2D eigenvalue weighted by Crippen LogP contribution is -2.59. The van der Waals surface area contributed by atoms with Gasteiger partial charge in [-0.05, 0) is 13.3 Å². The van der Waals surface area contributed by atoms with Crippen molar-refractivity contribution in [1.82, 2.24) is 4.90 Å². The van der Waals surface area contributed by atoms with Crippen molar-refractivity contribution in [2.24, 2.45) is 0 Å². The maximum absolute atomic E-state index is 12.2. The molecular weight excluding hydrogens is 136 g/mol. The molecule has 0 amide bonds. The number of hydrogen-bond acceptors (Lipinski definition) is 1. The average molecular weight is 149 g/mol. The molecule has 0 aliphatic carbocycles. The maximum atomic E-state index is 12.2. The zero-order valence-electron chi connectivity index (χ0n) is 6.40. The van der Waals surface area contributed by atoms with Gasteiger partial charge in [-0.15, -0.1) is 0 Å². The molecule has 0 aromatic rings. The van der Waals surface area contributed by atoms with E-state index in [1.54, 1.807) is 4.90 Å². The minimum absolute atomic E-state index is 0.0397. The second-order valence-corrected chi connectivity index (χ2v) is 3.02. The minimum Gasteiger partial charge on any atom is -0.289 e. The molecule has 3 heteroatoms. The molecule has 1 nitrogen and oxygen atoms in total.